The maximum Gasteiger partial charge on any atom is 0.144 e. The van der Waals surface area contributed by atoms with Gasteiger partial charge >= 0.3 is 0 Å². The minimum atomic E-state index is 0.351. The number of hydrogen-bond acceptors (Lipinski definition) is 0. The van der Waals surface area contributed by atoms with Gasteiger partial charge in [-0.25, -0.2) is 0 Å². The lowest BCUT2D eigenvalue weighted by Gasteiger charge is -2.26. The maximum absolute atomic E-state index is 2.37. The van der Waals surface area contributed by atoms with E-state index in [0.717, 1.165) is 7.28 Å². The molecule has 0 aromatic heterocycles. The van der Waals surface area contributed by atoms with Crippen molar-refractivity contribution in [1.29, 1.82) is 0 Å². The van der Waals surface area contributed by atoms with Crippen LogP contribution in [0.3, 0.4) is 0 Å². The highest BCUT2D eigenvalue weighted by molar-refractivity contribution is 6.40. The molecule has 0 bridgehead atoms. The van der Waals surface area contributed by atoms with Gasteiger partial charge in [0.1, 0.15) is 7.28 Å². The third kappa shape index (κ3) is 3.64. The first-order chi connectivity index (χ1) is 4.89. The van der Waals surface area contributed by atoms with Gasteiger partial charge in [0.2, 0.25) is 0 Å². The Balaban J connectivity index is 4.49. The fourth-order valence-electron chi connectivity index (χ4n) is 1.63. The van der Waals surface area contributed by atoms with Crippen molar-refractivity contribution in [1.82, 2.24) is 0 Å². The van der Waals surface area contributed by atoms with E-state index in [4.69, 9.17) is 0 Å². The van der Waals surface area contributed by atoms with Crippen molar-refractivity contribution < 1.29 is 0 Å². The van der Waals surface area contributed by atoms with Crippen molar-refractivity contribution in [3.8, 4) is 0 Å². The van der Waals surface area contributed by atoms with Gasteiger partial charge in [0.15, 0.2) is 0 Å². The number of hydrogen-bond donors (Lipinski definition) is 0. The fraction of sp³-hybridized carbons (Fsp3) is 0.800. The van der Waals surface area contributed by atoms with E-state index in [1.807, 2.05) is 0 Å². The van der Waals surface area contributed by atoms with Crippen molar-refractivity contribution in [2.75, 3.05) is 0 Å². The maximum atomic E-state index is 2.37. The lowest BCUT2D eigenvalue weighted by Crippen LogP contribution is -2.14. The van der Waals surface area contributed by atoms with E-state index >= 15 is 0 Å². The molecule has 0 spiro atoms. The highest BCUT2D eigenvalue weighted by atomic mass is 14.2. The molecule has 0 aliphatic carbocycles. The third-order valence-corrected chi connectivity index (χ3v) is 1.91. The molecule has 11 heavy (non-hydrogen) atoms. The van der Waals surface area contributed by atoms with Gasteiger partial charge in [0.05, 0.1) is 0 Å². The molecule has 0 aromatic rings. The third-order valence-electron chi connectivity index (χ3n) is 1.91. The van der Waals surface area contributed by atoms with Crippen LogP contribution in [-0.4, -0.2) is 7.28 Å². The summed E-state index contributed by atoms with van der Waals surface area (Å²) in [4.78, 5) is 0. The lowest BCUT2D eigenvalue weighted by atomic mass is 9.71. The molecule has 0 radical (unpaired) electrons. The molecule has 0 fully saturated rings. The molecule has 0 aliphatic rings. The number of allylic oxidation sites excluding steroid dienone is 1. The van der Waals surface area contributed by atoms with Crippen LogP contribution >= 0.6 is 0 Å². The van der Waals surface area contributed by atoms with Gasteiger partial charge in [0, 0.05) is 0 Å². The molecule has 0 aromatic carbocycles. The van der Waals surface area contributed by atoms with Crippen LogP contribution < -0.4 is 0 Å². The lowest BCUT2D eigenvalue weighted by molar-refractivity contribution is 0.449. The van der Waals surface area contributed by atoms with E-state index in [2.05, 4.69) is 47.4 Å². The van der Waals surface area contributed by atoms with Gasteiger partial charge in [0.25, 0.3) is 0 Å². The molecule has 0 saturated heterocycles. The number of rotatable bonds is 2. The zero-order valence-electron chi connectivity index (χ0n) is 8.86. The Morgan fingerprint density at radius 3 is 1.82 bits per heavy atom. The zero-order valence-corrected chi connectivity index (χ0v) is 8.86. The largest absolute Gasteiger partial charge is 0.144 e. The van der Waals surface area contributed by atoms with Gasteiger partial charge < -0.3 is 0 Å². The summed E-state index contributed by atoms with van der Waals surface area (Å²) in [6, 6.07) is 0. The summed E-state index contributed by atoms with van der Waals surface area (Å²) in [6.45, 7) is 13.6. The molecule has 0 N–H and O–H groups in total. The summed E-state index contributed by atoms with van der Waals surface area (Å²) < 4.78 is 0. The Kier molecular flexibility index (Phi) is 3.92. The Morgan fingerprint density at radius 1 is 1.27 bits per heavy atom. The molecule has 0 rings (SSSR count). The van der Waals surface area contributed by atoms with E-state index in [9.17, 15) is 0 Å². The summed E-state index contributed by atoms with van der Waals surface area (Å²) in [5, 5.41) is 0. The first kappa shape index (κ1) is 10.8. The van der Waals surface area contributed by atoms with Crippen LogP contribution in [0.25, 0.3) is 0 Å². The van der Waals surface area contributed by atoms with Gasteiger partial charge in [-0.2, -0.15) is 0 Å². The molecule has 64 valence electrons. The predicted molar refractivity (Wildman–Crippen MR) is 55.4 cm³/mol. The smallest absolute Gasteiger partial charge is 0.120 e. The molecular formula is C10H21B. The summed E-state index contributed by atoms with van der Waals surface area (Å²) in [6.07, 6.45) is 0. The van der Waals surface area contributed by atoms with E-state index in [1.54, 1.807) is 5.57 Å². The second kappa shape index (κ2) is 3.99. The highest BCUT2D eigenvalue weighted by Crippen LogP contribution is 2.30. The van der Waals surface area contributed by atoms with Crippen molar-refractivity contribution in [3.63, 3.8) is 0 Å². The van der Waals surface area contributed by atoms with Crippen LogP contribution in [0.15, 0.2) is 11.5 Å². The van der Waals surface area contributed by atoms with Gasteiger partial charge in [-0.1, -0.05) is 47.0 Å². The summed E-state index contributed by atoms with van der Waals surface area (Å²) in [7, 11) is 1.16. The molecule has 0 unspecified atom stereocenters. The molecular weight excluding hydrogens is 131 g/mol. The van der Waals surface area contributed by atoms with Crippen molar-refractivity contribution >= 4 is 7.28 Å². The first-order valence-electron chi connectivity index (χ1n) is 4.60. The van der Waals surface area contributed by atoms with Crippen LogP contribution in [0.1, 0.15) is 34.6 Å². The SMILES string of the molecule is CB/C=C(\C(C)C)C(C)(C)C. The quantitative estimate of drug-likeness (QED) is 0.533. The second-order valence-corrected chi connectivity index (χ2v) is 4.47. The predicted octanol–water partition coefficient (Wildman–Crippen LogP) is 3.06. The van der Waals surface area contributed by atoms with E-state index < -0.39 is 0 Å². The second-order valence-electron chi connectivity index (χ2n) is 4.47. The zero-order chi connectivity index (χ0) is 9.07. The summed E-state index contributed by atoms with van der Waals surface area (Å²) in [5.41, 5.74) is 1.93. The first-order valence-corrected chi connectivity index (χ1v) is 4.60. The average Bonchev–Trinajstić information content (AvgIpc) is 1.79. The Hall–Kier alpha value is -0.195. The molecule has 0 saturated carbocycles. The van der Waals surface area contributed by atoms with E-state index in [-0.39, 0.29) is 0 Å². The molecule has 0 nitrogen and oxygen atoms in total. The summed E-state index contributed by atoms with van der Waals surface area (Å²) in [5.74, 6) is 3.06. The van der Waals surface area contributed by atoms with Gasteiger partial charge in [-0.3, -0.25) is 0 Å². The average molecular weight is 152 g/mol. The van der Waals surface area contributed by atoms with Crippen molar-refractivity contribution in [3.05, 3.63) is 11.5 Å². The Labute approximate surface area is 72.3 Å². The fourth-order valence-corrected chi connectivity index (χ4v) is 1.63. The van der Waals surface area contributed by atoms with Crippen LogP contribution in [0, 0.1) is 11.3 Å². The standard InChI is InChI=1S/C10H21B/c1-8(2)9(7-11-6)10(3,4)5/h7-8,11H,1-6H3/b9-7+. The van der Waals surface area contributed by atoms with E-state index in [0.29, 0.717) is 11.3 Å². The van der Waals surface area contributed by atoms with Crippen LogP contribution in [0.2, 0.25) is 6.82 Å². The highest BCUT2D eigenvalue weighted by Gasteiger charge is 2.18. The molecule has 0 heterocycles. The van der Waals surface area contributed by atoms with Crippen molar-refractivity contribution in [2.45, 2.75) is 41.4 Å². The van der Waals surface area contributed by atoms with Crippen molar-refractivity contribution in [2.24, 2.45) is 11.3 Å². The van der Waals surface area contributed by atoms with E-state index in [1.165, 1.54) is 0 Å². The van der Waals surface area contributed by atoms with Crippen LogP contribution in [-0.2, 0) is 0 Å². The Morgan fingerprint density at radius 2 is 1.73 bits per heavy atom. The van der Waals surface area contributed by atoms with Crippen LogP contribution in [0.5, 0.6) is 0 Å². The molecule has 0 amide bonds. The van der Waals surface area contributed by atoms with Crippen LogP contribution in [0.4, 0.5) is 0 Å². The molecule has 0 atom stereocenters. The minimum Gasteiger partial charge on any atom is -0.120 e. The normalized spacial score (nSPS) is 13.9. The molecule has 1 heteroatoms. The van der Waals surface area contributed by atoms with Gasteiger partial charge in [-0.05, 0) is 11.3 Å². The summed E-state index contributed by atoms with van der Waals surface area (Å²) >= 11 is 0. The monoisotopic (exact) mass is 152 g/mol. The Bertz CT molecular complexity index is 137. The molecule has 0 aliphatic heterocycles. The topological polar surface area (TPSA) is 0 Å². The minimum absolute atomic E-state index is 0.351. The van der Waals surface area contributed by atoms with Gasteiger partial charge in [-0.15, -0.1) is 5.98 Å².